The van der Waals surface area contributed by atoms with Crippen molar-refractivity contribution in [2.24, 2.45) is 0 Å². The van der Waals surface area contributed by atoms with Crippen LogP contribution in [0.2, 0.25) is 0 Å². The van der Waals surface area contributed by atoms with Crippen molar-refractivity contribution in [3.8, 4) is 0 Å². The summed E-state index contributed by atoms with van der Waals surface area (Å²) in [5.41, 5.74) is 0. The lowest BCUT2D eigenvalue weighted by molar-refractivity contribution is -0.142. The molecule has 17 heavy (non-hydrogen) atoms. The van der Waals surface area contributed by atoms with Crippen molar-refractivity contribution >= 4 is 21.9 Å². The second-order valence-corrected chi connectivity index (χ2v) is 5.20. The molecule has 0 amide bonds. The van der Waals surface area contributed by atoms with Crippen LogP contribution in [0.3, 0.4) is 0 Å². The zero-order chi connectivity index (χ0) is 12.9. The minimum absolute atomic E-state index is 0.123. The van der Waals surface area contributed by atoms with Crippen molar-refractivity contribution < 1.29 is 9.53 Å². The lowest BCUT2D eigenvalue weighted by Crippen LogP contribution is -2.17. The Morgan fingerprint density at radius 2 is 1.88 bits per heavy atom. The molecule has 0 fully saturated rings. The molecule has 0 rings (SSSR count). The minimum atomic E-state index is -0.127. The second-order valence-electron chi connectivity index (χ2n) is 4.09. The number of esters is 1. The standard InChI is InChI=1S/C14H25BrO2/c1-3-5-6-7-8-9-10-11-12-13(15)14(16)17-4-2/h5-6,13H,3-4,7-12H2,1-2H3. The molecule has 0 aromatic rings. The summed E-state index contributed by atoms with van der Waals surface area (Å²) in [7, 11) is 0. The molecule has 0 heterocycles. The Bertz CT molecular complexity index is 214. The molecule has 3 heteroatoms. The Balaban J connectivity index is 3.33. The van der Waals surface area contributed by atoms with Crippen LogP contribution in [-0.4, -0.2) is 17.4 Å². The van der Waals surface area contributed by atoms with Gasteiger partial charge in [0.1, 0.15) is 4.83 Å². The van der Waals surface area contributed by atoms with Crippen molar-refractivity contribution in [2.75, 3.05) is 6.61 Å². The van der Waals surface area contributed by atoms with Crippen molar-refractivity contribution in [1.82, 2.24) is 0 Å². The average molecular weight is 305 g/mol. The maximum absolute atomic E-state index is 11.3. The van der Waals surface area contributed by atoms with E-state index >= 15 is 0 Å². The fourth-order valence-corrected chi connectivity index (χ4v) is 2.03. The first-order chi connectivity index (χ1) is 8.22. The molecule has 1 atom stereocenters. The Hall–Kier alpha value is -0.310. The lowest BCUT2D eigenvalue weighted by atomic mass is 10.1. The van der Waals surface area contributed by atoms with Gasteiger partial charge in [-0.15, -0.1) is 0 Å². The van der Waals surface area contributed by atoms with Gasteiger partial charge >= 0.3 is 5.97 Å². The highest BCUT2D eigenvalue weighted by atomic mass is 79.9. The fourth-order valence-electron chi connectivity index (χ4n) is 1.57. The Kier molecular flexibility index (Phi) is 11.9. The molecule has 0 saturated carbocycles. The number of hydrogen-bond donors (Lipinski definition) is 0. The van der Waals surface area contributed by atoms with Gasteiger partial charge in [0.25, 0.3) is 0 Å². The first-order valence-electron chi connectivity index (χ1n) is 6.68. The van der Waals surface area contributed by atoms with E-state index < -0.39 is 0 Å². The van der Waals surface area contributed by atoms with E-state index in [1.807, 2.05) is 6.92 Å². The molecule has 0 spiro atoms. The third-order valence-electron chi connectivity index (χ3n) is 2.52. The number of ether oxygens (including phenoxy) is 1. The highest BCUT2D eigenvalue weighted by Gasteiger charge is 2.14. The largest absolute Gasteiger partial charge is 0.465 e. The zero-order valence-electron chi connectivity index (χ0n) is 11.1. The van der Waals surface area contributed by atoms with Gasteiger partial charge < -0.3 is 4.74 Å². The molecule has 0 saturated heterocycles. The summed E-state index contributed by atoms with van der Waals surface area (Å²) in [5, 5.41) is 0. The number of alkyl halides is 1. The van der Waals surface area contributed by atoms with E-state index in [9.17, 15) is 4.79 Å². The van der Waals surface area contributed by atoms with Crippen LogP contribution in [0.4, 0.5) is 0 Å². The van der Waals surface area contributed by atoms with Gasteiger partial charge in [-0.25, -0.2) is 0 Å². The third-order valence-corrected chi connectivity index (χ3v) is 3.35. The van der Waals surface area contributed by atoms with Gasteiger partial charge in [0.2, 0.25) is 0 Å². The van der Waals surface area contributed by atoms with Crippen molar-refractivity contribution in [1.29, 1.82) is 0 Å². The predicted molar refractivity (Wildman–Crippen MR) is 76.5 cm³/mol. The number of hydrogen-bond acceptors (Lipinski definition) is 2. The maximum atomic E-state index is 11.3. The number of carbonyl (C=O) groups is 1. The molecule has 0 aromatic carbocycles. The number of unbranched alkanes of at least 4 members (excludes halogenated alkanes) is 4. The van der Waals surface area contributed by atoms with Crippen molar-refractivity contribution in [2.45, 2.75) is 63.6 Å². The highest BCUT2D eigenvalue weighted by molar-refractivity contribution is 9.10. The number of halogens is 1. The Morgan fingerprint density at radius 1 is 1.18 bits per heavy atom. The predicted octanol–water partition coefficient (Wildman–Crippen LogP) is 4.62. The normalized spacial score (nSPS) is 12.9. The van der Waals surface area contributed by atoms with Crippen molar-refractivity contribution in [3.05, 3.63) is 12.2 Å². The molecule has 0 aromatic heterocycles. The third kappa shape index (κ3) is 10.6. The molecule has 100 valence electrons. The summed E-state index contributed by atoms with van der Waals surface area (Å²) in [6, 6.07) is 0. The summed E-state index contributed by atoms with van der Waals surface area (Å²) in [5.74, 6) is -0.127. The van der Waals surface area contributed by atoms with Gasteiger partial charge in [-0.3, -0.25) is 4.79 Å². The van der Waals surface area contributed by atoms with Crippen LogP contribution in [-0.2, 0) is 9.53 Å². The van der Waals surface area contributed by atoms with Crippen LogP contribution in [0.15, 0.2) is 12.2 Å². The molecule has 0 aliphatic carbocycles. The highest BCUT2D eigenvalue weighted by Crippen LogP contribution is 2.14. The van der Waals surface area contributed by atoms with Crippen LogP contribution in [0.1, 0.15) is 58.8 Å². The fraction of sp³-hybridized carbons (Fsp3) is 0.786. The summed E-state index contributed by atoms with van der Waals surface area (Å²) in [6.45, 7) is 4.45. The Morgan fingerprint density at radius 3 is 2.53 bits per heavy atom. The van der Waals surface area contributed by atoms with Crippen LogP contribution in [0.5, 0.6) is 0 Å². The monoisotopic (exact) mass is 304 g/mol. The van der Waals surface area contributed by atoms with E-state index in [4.69, 9.17) is 4.74 Å². The molecule has 0 aliphatic heterocycles. The zero-order valence-corrected chi connectivity index (χ0v) is 12.7. The molecule has 0 radical (unpaired) electrons. The van der Waals surface area contributed by atoms with Gasteiger partial charge in [0.15, 0.2) is 0 Å². The second kappa shape index (κ2) is 12.2. The van der Waals surface area contributed by atoms with E-state index in [2.05, 4.69) is 35.0 Å². The summed E-state index contributed by atoms with van der Waals surface area (Å²) >= 11 is 3.36. The van der Waals surface area contributed by atoms with Crippen LogP contribution in [0.25, 0.3) is 0 Å². The molecular weight excluding hydrogens is 280 g/mol. The van der Waals surface area contributed by atoms with Gasteiger partial charge in [0, 0.05) is 0 Å². The maximum Gasteiger partial charge on any atom is 0.319 e. The van der Waals surface area contributed by atoms with Crippen LogP contribution in [0, 0.1) is 0 Å². The first-order valence-corrected chi connectivity index (χ1v) is 7.59. The molecule has 2 nitrogen and oxygen atoms in total. The van der Waals surface area contributed by atoms with Gasteiger partial charge in [-0.1, -0.05) is 54.3 Å². The van der Waals surface area contributed by atoms with E-state index in [0.717, 1.165) is 19.3 Å². The average Bonchev–Trinajstić information content (AvgIpc) is 2.32. The smallest absolute Gasteiger partial charge is 0.319 e. The Labute approximate surface area is 114 Å². The lowest BCUT2D eigenvalue weighted by Gasteiger charge is -2.08. The van der Waals surface area contributed by atoms with Gasteiger partial charge in [-0.2, -0.15) is 0 Å². The summed E-state index contributed by atoms with van der Waals surface area (Å²) in [4.78, 5) is 11.2. The first kappa shape index (κ1) is 16.7. The molecule has 0 bridgehead atoms. The number of rotatable bonds is 10. The SMILES string of the molecule is CCC=CCCCCCCC(Br)C(=O)OCC. The van der Waals surface area contributed by atoms with Gasteiger partial charge in [-0.05, 0) is 32.6 Å². The van der Waals surface area contributed by atoms with E-state index in [1.54, 1.807) is 0 Å². The summed E-state index contributed by atoms with van der Waals surface area (Å²) in [6.07, 6.45) is 12.5. The number of carbonyl (C=O) groups excluding carboxylic acids is 1. The molecule has 1 unspecified atom stereocenters. The summed E-state index contributed by atoms with van der Waals surface area (Å²) < 4.78 is 4.93. The van der Waals surface area contributed by atoms with Crippen LogP contribution < -0.4 is 0 Å². The topological polar surface area (TPSA) is 26.3 Å². The number of allylic oxidation sites excluding steroid dienone is 2. The van der Waals surface area contributed by atoms with E-state index in [-0.39, 0.29) is 10.8 Å². The van der Waals surface area contributed by atoms with Crippen LogP contribution >= 0.6 is 15.9 Å². The quantitative estimate of drug-likeness (QED) is 0.255. The molecule has 0 aliphatic rings. The molecule has 0 N–H and O–H groups in total. The van der Waals surface area contributed by atoms with E-state index in [1.165, 1.54) is 25.7 Å². The van der Waals surface area contributed by atoms with Crippen molar-refractivity contribution in [3.63, 3.8) is 0 Å². The van der Waals surface area contributed by atoms with Gasteiger partial charge in [0.05, 0.1) is 6.61 Å². The molecular formula is C14H25BrO2. The minimum Gasteiger partial charge on any atom is -0.465 e. The van der Waals surface area contributed by atoms with E-state index in [0.29, 0.717) is 6.61 Å².